The van der Waals surface area contributed by atoms with E-state index in [0.29, 0.717) is 26.5 Å². The smallest absolute Gasteiger partial charge is 0.269 e. The number of carbonyl (C=O) groups excluding carboxylic acids is 3. The molecule has 1 aliphatic rings. The van der Waals surface area contributed by atoms with Crippen LogP contribution in [0.1, 0.15) is 42.6 Å². The van der Waals surface area contributed by atoms with Crippen molar-refractivity contribution in [3.63, 3.8) is 0 Å². The van der Waals surface area contributed by atoms with Crippen molar-refractivity contribution in [3.05, 3.63) is 63.6 Å². The molecule has 1 aliphatic heterocycles. The minimum atomic E-state index is -4.18. The van der Waals surface area contributed by atoms with Crippen LogP contribution in [-0.2, 0) is 26.2 Å². The highest BCUT2D eigenvalue weighted by atomic mass is 35.5. The number of rotatable bonds is 9. The highest BCUT2D eigenvalue weighted by molar-refractivity contribution is 7.90. The second kappa shape index (κ2) is 10.8. The highest BCUT2D eigenvalue weighted by Gasteiger charge is 2.43. The first-order valence-corrected chi connectivity index (χ1v) is 12.9. The average molecular weight is 526 g/mol. The van der Waals surface area contributed by atoms with Crippen molar-refractivity contribution >= 4 is 50.9 Å². The van der Waals surface area contributed by atoms with E-state index in [9.17, 15) is 22.8 Å². The Morgan fingerprint density at radius 2 is 1.85 bits per heavy atom. The number of nitrogens with one attached hydrogen (secondary N) is 1. The standard InChI is InChI=1S/C23H25Cl2N3O5S/c1-3-4-11-26-22(30)15(2)27(13-16-9-10-17(24)12-19(16)25)21(29)14-28-23(31)18-7-5-6-8-20(18)34(28,32)33/h5-10,12,15H,3-4,11,13-14H2,1-2H3,(H,26,30)/t15-/m0/s1. The van der Waals surface area contributed by atoms with Crippen molar-refractivity contribution in [3.8, 4) is 0 Å². The first kappa shape index (κ1) is 26.0. The summed E-state index contributed by atoms with van der Waals surface area (Å²) >= 11 is 12.2. The van der Waals surface area contributed by atoms with E-state index in [1.807, 2.05) is 6.92 Å². The Hall–Kier alpha value is -2.62. The van der Waals surface area contributed by atoms with Crippen molar-refractivity contribution in [2.24, 2.45) is 0 Å². The van der Waals surface area contributed by atoms with Gasteiger partial charge in [0.15, 0.2) is 0 Å². The van der Waals surface area contributed by atoms with E-state index in [1.54, 1.807) is 18.2 Å². The minimum absolute atomic E-state index is 0.00736. The number of unbranched alkanes of at least 4 members (excludes halogenated alkanes) is 1. The molecule has 3 rings (SSSR count). The molecule has 11 heteroatoms. The van der Waals surface area contributed by atoms with Gasteiger partial charge in [0.2, 0.25) is 11.8 Å². The predicted molar refractivity (Wildman–Crippen MR) is 129 cm³/mol. The van der Waals surface area contributed by atoms with Gasteiger partial charge in [0, 0.05) is 23.1 Å². The van der Waals surface area contributed by atoms with Crippen molar-refractivity contribution in [2.75, 3.05) is 13.1 Å². The summed E-state index contributed by atoms with van der Waals surface area (Å²) in [4.78, 5) is 39.9. The number of sulfonamides is 1. The van der Waals surface area contributed by atoms with E-state index in [0.717, 1.165) is 12.8 Å². The molecule has 0 radical (unpaired) electrons. The van der Waals surface area contributed by atoms with Crippen LogP contribution in [0.4, 0.5) is 0 Å². The molecule has 8 nitrogen and oxygen atoms in total. The fourth-order valence-corrected chi connectivity index (χ4v) is 5.54. The molecule has 0 fully saturated rings. The van der Waals surface area contributed by atoms with Crippen LogP contribution >= 0.6 is 23.2 Å². The van der Waals surface area contributed by atoms with Gasteiger partial charge in [0.25, 0.3) is 15.9 Å². The largest absolute Gasteiger partial charge is 0.354 e. The number of halogens is 2. The molecule has 0 aliphatic carbocycles. The van der Waals surface area contributed by atoms with Gasteiger partial charge in [-0.2, -0.15) is 0 Å². The van der Waals surface area contributed by atoms with E-state index in [-0.39, 0.29) is 17.0 Å². The lowest BCUT2D eigenvalue weighted by molar-refractivity contribution is -0.140. The van der Waals surface area contributed by atoms with E-state index < -0.39 is 40.3 Å². The maximum absolute atomic E-state index is 13.4. The van der Waals surface area contributed by atoms with Crippen LogP contribution in [0.3, 0.4) is 0 Å². The average Bonchev–Trinajstić information content (AvgIpc) is 2.99. The Morgan fingerprint density at radius 3 is 2.50 bits per heavy atom. The zero-order chi connectivity index (χ0) is 25.0. The molecule has 3 amide bonds. The molecular weight excluding hydrogens is 501 g/mol. The maximum atomic E-state index is 13.4. The molecule has 0 unspecified atom stereocenters. The van der Waals surface area contributed by atoms with Gasteiger partial charge in [-0.05, 0) is 43.2 Å². The summed E-state index contributed by atoms with van der Waals surface area (Å²) in [7, 11) is -4.18. The number of nitrogens with zero attached hydrogens (tertiary/aromatic N) is 2. The van der Waals surface area contributed by atoms with Gasteiger partial charge in [0.1, 0.15) is 17.5 Å². The molecular formula is C23H25Cl2N3O5S. The summed E-state index contributed by atoms with van der Waals surface area (Å²) in [5, 5.41) is 3.47. The van der Waals surface area contributed by atoms with E-state index in [1.165, 1.54) is 36.1 Å². The molecule has 0 saturated heterocycles. The van der Waals surface area contributed by atoms with Crippen LogP contribution < -0.4 is 5.32 Å². The van der Waals surface area contributed by atoms with Gasteiger partial charge >= 0.3 is 0 Å². The van der Waals surface area contributed by atoms with Crippen LogP contribution in [0, 0.1) is 0 Å². The molecule has 1 atom stereocenters. The molecule has 1 N–H and O–H groups in total. The Balaban J connectivity index is 1.88. The maximum Gasteiger partial charge on any atom is 0.269 e. The van der Waals surface area contributed by atoms with Crippen LogP contribution in [0.25, 0.3) is 0 Å². The van der Waals surface area contributed by atoms with Gasteiger partial charge in [0.05, 0.1) is 5.56 Å². The Labute approximate surface area is 208 Å². The molecule has 0 spiro atoms. The van der Waals surface area contributed by atoms with Gasteiger partial charge < -0.3 is 10.2 Å². The van der Waals surface area contributed by atoms with E-state index in [4.69, 9.17) is 23.2 Å². The van der Waals surface area contributed by atoms with Crippen LogP contribution in [0.2, 0.25) is 10.0 Å². The number of carbonyl (C=O) groups is 3. The van der Waals surface area contributed by atoms with Crippen molar-refractivity contribution in [1.29, 1.82) is 0 Å². The third kappa shape index (κ3) is 5.37. The zero-order valence-corrected chi connectivity index (χ0v) is 21.1. The molecule has 2 aromatic rings. The molecule has 34 heavy (non-hydrogen) atoms. The van der Waals surface area contributed by atoms with Crippen molar-refractivity contribution in [2.45, 2.75) is 44.2 Å². The third-order valence-electron chi connectivity index (χ3n) is 5.54. The Morgan fingerprint density at radius 1 is 1.15 bits per heavy atom. The highest BCUT2D eigenvalue weighted by Crippen LogP contribution is 2.30. The monoisotopic (exact) mass is 525 g/mol. The van der Waals surface area contributed by atoms with Crippen LogP contribution in [0.15, 0.2) is 47.4 Å². The van der Waals surface area contributed by atoms with E-state index in [2.05, 4.69) is 5.32 Å². The summed E-state index contributed by atoms with van der Waals surface area (Å²) in [5.41, 5.74) is 0.527. The van der Waals surface area contributed by atoms with Gasteiger partial charge in [-0.15, -0.1) is 0 Å². The first-order valence-electron chi connectivity index (χ1n) is 10.7. The summed E-state index contributed by atoms with van der Waals surface area (Å²) in [6.45, 7) is 3.15. The van der Waals surface area contributed by atoms with Gasteiger partial charge in [-0.3, -0.25) is 14.4 Å². The van der Waals surface area contributed by atoms with Gasteiger partial charge in [-0.25, -0.2) is 12.7 Å². The number of fused-ring (bicyclic) bond motifs is 1. The van der Waals surface area contributed by atoms with Gasteiger partial charge in [-0.1, -0.05) is 54.7 Å². The second-order valence-electron chi connectivity index (χ2n) is 7.89. The SMILES string of the molecule is CCCCNC(=O)[C@H](C)N(Cc1ccc(Cl)cc1Cl)C(=O)CN1C(=O)c2ccccc2S1(=O)=O. The quantitative estimate of drug-likeness (QED) is 0.504. The fraction of sp³-hybridized carbons (Fsp3) is 0.348. The lowest BCUT2D eigenvalue weighted by Crippen LogP contribution is -2.51. The molecule has 0 aromatic heterocycles. The molecule has 2 aromatic carbocycles. The van der Waals surface area contributed by atoms with Crippen molar-refractivity contribution in [1.82, 2.24) is 14.5 Å². The zero-order valence-electron chi connectivity index (χ0n) is 18.8. The Kier molecular flexibility index (Phi) is 8.22. The number of hydrogen-bond donors (Lipinski definition) is 1. The summed E-state index contributed by atoms with van der Waals surface area (Å²) in [6, 6.07) is 9.57. The van der Waals surface area contributed by atoms with Crippen LogP contribution in [0.5, 0.6) is 0 Å². The summed E-state index contributed by atoms with van der Waals surface area (Å²) in [5.74, 6) is -1.90. The second-order valence-corrected chi connectivity index (χ2v) is 10.6. The molecule has 1 heterocycles. The molecule has 0 bridgehead atoms. The Bertz CT molecular complexity index is 1220. The van der Waals surface area contributed by atoms with Crippen LogP contribution in [-0.4, -0.2) is 54.5 Å². The minimum Gasteiger partial charge on any atom is -0.354 e. The fourth-order valence-electron chi connectivity index (χ4n) is 3.55. The number of benzene rings is 2. The first-order chi connectivity index (χ1) is 16.1. The van der Waals surface area contributed by atoms with E-state index >= 15 is 0 Å². The lowest BCUT2D eigenvalue weighted by atomic mass is 10.1. The summed E-state index contributed by atoms with van der Waals surface area (Å²) < 4.78 is 26.3. The lowest BCUT2D eigenvalue weighted by Gasteiger charge is -2.30. The molecule has 182 valence electrons. The van der Waals surface area contributed by atoms with Crippen molar-refractivity contribution < 1.29 is 22.8 Å². The third-order valence-corrected chi connectivity index (χ3v) is 7.92. The number of hydrogen-bond acceptors (Lipinski definition) is 5. The topological polar surface area (TPSA) is 104 Å². The predicted octanol–water partition coefficient (Wildman–Crippen LogP) is 3.47. The summed E-state index contributed by atoms with van der Waals surface area (Å²) in [6.07, 6.45) is 1.65. The molecule has 0 saturated carbocycles. The number of amides is 3. The normalized spacial score (nSPS) is 15.1.